The Morgan fingerprint density at radius 1 is 1.17 bits per heavy atom. The number of anilines is 2. The first-order chi connectivity index (χ1) is 11.1. The Kier molecular flexibility index (Phi) is 4.76. The van der Waals surface area contributed by atoms with E-state index >= 15 is 0 Å². The Bertz CT molecular complexity index is 532. The maximum absolute atomic E-state index is 12.0. The molecule has 2 aliphatic rings. The molecule has 1 saturated carbocycles. The summed E-state index contributed by atoms with van der Waals surface area (Å²) in [4.78, 5) is 16.7. The first kappa shape index (κ1) is 16.1. The van der Waals surface area contributed by atoms with Gasteiger partial charge in [0.05, 0.1) is 12.5 Å². The molecule has 1 aromatic carbocycles. The Labute approximate surface area is 138 Å². The molecule has 0 unspecified atom stereocenters. The average Bonchev–Trinajstić information content (AvgIpc) is 2.55. The molecular weight excluding hydrogens is 290 g/mol. The predicted octanol–water partition coefficient (Wildman–Crippen LogP) is 2.19. The highest BCUT2D eigenvalue weighted by molar-refractivity contribution is 5.78. The second-order valence-corrected chi connectivity index (χ2v) is 6.82. The van der Waals surface area contributed by atoms with Crippen molar-refractivity contribution in [3.8, 4) is 0 Å². The zero-order valence-corrected chi connectivity index (χ0v) is 14.2. The second-order valence-electron chi connectivity index (χ2n) is 6.82. The molecule has 1 saturated heterocycles. The highest BCUT2D eigenvalue weighted by Gasteiger charge is 2.45. The zero-order chi connectivity index (χ0) is 16.3. The van der Waals surface area contributed by atoms with Crippen LogP contribution in [0.25, 0.3) is 0 Å². The monoisotopic (exact) mass is 317 g/mol. The van der Waals surface area contributed by atoms with Crippen LogP contribution >= 0.6 is 0 Å². The van der Waals surface area contributed by atoms with Crippen LogP contribution in [0.15, 0.2) is 24.3 Å². The third-order valence-corrected chi connectivity index (χ3v) is 5.30. The van der Waals surface area contributed by atoms with Gasteiger partial charge in [0, 0.05) is 44.1 Å². The van der Waals surface area contributed by atoms with Crippen LogP contribution in [0.5, 0.6) is 0 Å². The van der Waals surface area contributed by atoms with Crippen LogP contribution < -0.4 is 10.2 Å². The van der Waals surface area contributed by atoms with Crippen LogP contribution in [0, 0.1) is 5.41 Å². The Hall–Kier alpha value is -1.75. The van der Waals surface area contributed by atoms with E-state index < -0.39 is 0 Å². The molecule has 3 rings (SSSR count). The summed E-state index contributed by atoms with van der Waals surface area (Å²) in [6, 6.07) is 8.55. The smallest absolute Gasteiger partial charge is 0.313 e. The third kappa shape index (κ3) is 3.44. The molecule has 0 amide bonds. The van der Waals surface area contributed by atoms with Gasteiger partial charge in [0.25, 0.3) is 0 Å². The average molecular weight is 317 g/mol. The standard InChI is InChI=1S/C18H27N3O2/c1-20-10-12-21(13-11-20)16-6-4-15(5-7-16)19-14-18(8-3-9-18)17(22)23-2/h4-7,19H,3,8-14H2,1-2H3. The van der Waals surface area contributed by atoms with Crippen LogP contribution in [0.1, 0.15) is 19.3 Å². The van der Waals surface area contributed by atoms with Gasteiger partial charge in [-0.25, -0.2) is 0 Å². The van der Waals surface area contributed by atoms with Gasteiger partial charge in [-0.05, 0) is 44.2 Å². The van der Waals surface area contributed by atoms with Crippen LogP contribution in [0.2, 0.25) is 0 Å². The minimum absolute atomic E-state index is 0.0784. The molecule has 2 fully saturated rings. The molecule has 1 aliphatic carbocycles. The molecule has 0 bridgehead atoms. The number of likely N-dealkylation sites (N-methyl/N-ethyl adjacent to an activating group) is 1. The highest BCUT2D eigenvalue weighted by atomic mass is 16.5. The number of carbonyl (C=O) groups excluding carboxylic acids is 1. The molecule has 23 heavy (non-hydrogen) atoms. The SMILES string of the molecule is COC(=O)C1(CNc2ccc(N3CCN(C)CC3)cc2)CCC1. The number of hydrogen-bond acceptors (Lipinski definition) is 5. The summed E-state index contributed by atoms with van der Waals surface area (Å²) in [6.07, 6.45) is 2.96. The first-order valence-electron chi connectivity index (χ1n) is 8.49. The number of carbonyl (C=O) groups is 1. The number of ether oxygens (including phenoxy) is 1. The van der Waals surface area contributed by atoms with Crippen LogP contribution in [-0.2, 0) is 9.53 Å². The van der Waals surface area contributed by atoms with Crippen molar-refractivity contribution in [2.24, 2.45) is 5.41 Å². The number of rotatable bonds is 5. The molecule has 126 valence electrons. The van der Waals surface area contributed by atoms with Crippen molar-refractivity contribution < 1.29 is 9.53 Å². The maximum atomic E-state index is 12.0. The van der Waals surface area contributed by atoms with Crippen LogP contribution in [0.3, 0.4) is 0 Å². The molecule has 1 heterocycles. The molecule has 5 heteroatoms. The molecule has 5 nitrogen and oxygen atoms in total. The number of piperazine rings is 1. The lowest BCUT2D eigenvalue weighted by molar-refractivity contribution is -0.157. The summed E-state index contributed by atoms with van der Waals surface area (Å²) in [6.45, 7) is 5.04. The summed E-state index contributed by atoms with van der Waals surface area (Å²) in [7, 11) is 3.65. The quantitative estimate of drug-likeness (QED) is 0.844. The lowest BCUT2D eigenvalue weighted by atomic mass is 9.68. The minimum atomic E-state index is -0.315. The van der Waals surface area contributed by atoms with E-state index in [1.807, 2.05) is 0 Å². The number of nitrogens with one attached hydrogen (secondary N) is 1. The van der Waals surface area contributed by atoms with Crippen molar-refractivity contribution >= 4 is 17.3 Å². The number of nitrogens with zero attached hydrogens (tertiary/aromatic N) is 2. The summed E-state index contributed by atoms with van der Waals surface area (Å²) >= 11 is 0. The van der Waals surface area contributed by atoms with Gasteiger partial charge >= 0.3 is 5.97 Å². The van der Waals surface area contributed by atoms with E-state index in [4.69, 9.17) is 4.74 Å². The summed E-state index contributed by atoms with van der Waals surface area (Å²) in [5.41, 5.74) is 2.03. The van der Waals surface area contributed by atoms with Gasteiger partial charge in [-0.15, -0.1) is 0 Å². The molecule has 1 aromatic rings. The van der Waals surface area contributed by atoms with Gasteiger partial charge in [-0.3, -0.25) is 4.79 Å². The maximum Gasteiger partial charge on any atom is 0.313 e. The van der Waals surface area contributed by atoms with E-state index in [2.05, 4.69) is 46.4 Å². The zero-order valence-electron chi connectivity index (χ0n) is 14.2. The predicted molar refractivity (Wildman–Crippen MR) is 92.9 cm³/mol. The van der Waals surface area contributed by atoms with E-state index in [1.54, 1.807) is 0 Å². The fourth-order valence-corrected chi connectivity index (χ4v) is 3.40. The lowest BCUT2D eigenvalue weighted by Crippen LogP contribution is -2.44. The third-order valence-electron chi connectivity index (χ3n) is 5.30. The van der Waals surface area contributed by atoms with Crippen molar-refractivity contribution in [2.45, 2.75) is 19.3 Å². The van der Waals surface area contributed by atoms with Gasteiger partial charge in [-0.2, -0.15) is 0 Å². The van der Waals surface area contributed by atoms with Crippen LogP contribution in [-0.4, -0.2) is 57.8 Å². The van der Waals surface area contributed by atoms with E-state index in [9.17, 15) is 4.79 Å². The Balaban J connectivity index is 1.56. The fourth-order valence-electron chi connectivity index (χ4n) is 3.40. The number of methoxy groups -OCH3 is 1. The topological polar surface area (TPSA) is 44.8 Å². The molecular formula is C18H27N3O2. The number of hydrogen-bond donors (Lipinski definition) is 1. The Morgan fingerprint density at radius 3 is 2.35 bits per heavy atom. The normalized spacial score (nSPS) is 20.7. The Morgan fingerprint density at radius 2 is 1.83 bits per heavy atom. The minimum Gasteiger partial charge on any atom is -0.469 e. The molecule has 1 N–H and O–H groups in total. The molecule has 0 spiro atoms. The van der Waals surface area contributed by atoms with Crippen molar-refractivity contribution in [2.75, 3.05) is 57.1 Å². The van der Waals surface area contributed by atoms with E-state index in [1.165, 1.54) is 12.8 Å². The number of benzene rings is 1. The second kappa shape index (κ2) is 6.79. The number of esters is 1. The molecule has 1 aliphatic heterocycles. The molecule has 0 radical (unpaired) electrons. The summed E-state index contributed by atoms with van der Waals surface area (Å²) < 4.78 is 4.96. The fraction of sp³-hybridized carbons (Fsp3) is 0.611. The largest absolute Gasteiger partial charge is 0.469 e. The summed E-state index contributed by atoms with van der Waals surface area (Å²) in [5.74, 6) is -0.0784. The first-order valence-corrected chi connectivity index (χ1v) is 8.49. The van der Waals surface area contributed by atoms with Gasteiger partial charge in [0.2, 0.25) is 0 Å². The van der Waals surface area contributed by atoms with Crippen molar-refractivity contribution in [3.05, 3.63) is 24.3 Å². The van der Waals surface area contributed by atoms with Gasteiger partial charge < -0.3 is 19.9 Å². The van der Waals surface area contributed by atoms with Crippen molar-refractivity contribution in [1.82, 2.24) is 4.90 Å². The highest BCUT2D eigenvalue weighted by Crippen LogP contribution is 2.42. The van der Waals surface area contributed by atoms with Crippen molar-refractivity contribution in [3.63, 3.8) is 0 Å². The van der Waals surface area contributed by atoms with E-state index in [-0.39, 0.29) is 11.4 Å². The van der Waals surface area contributed by atoms with Gasteiger partial charge in [-0.1, -0.05) is 6.42 Å². The van der Waals surface area contributed by atoms with E-state index in [0.717, 1.165) is 51.1 Å². The van der Waals surface area contributed by atoms with Gasteiger partial charge in [0.15, 0.2) is 0 Å². The van der Waals surface area contributed by atoms with Crippen molar-refractivity contribution in [1.29, 1.82) is 0 Å². The van der Waals surface area contributed by atoms with E-state index in [0.29, 0.717) is 6.54 Å². The molecule has 0 atom stereocenters. The van der Waals surface area contributed by atoms with Crippen LogP contribution in [0.4, 0.5) is 11.4 Å². The summed E-state index contributed by atoms with van der Waals surface area (Å²) in [5, 5.41) is 3.41. The molecule has 0 aromatic heterocycles. The van der Waals surface area contributed by atoms with Gasteiger partial charge in [0.1, 0.15) is 0 Å². The lowest BCUT2D eigenvalue weighted by Gasteiger charge is -2.39.